The lowest BCUT2D eigenvalue weighted by Gasteiger charge is -2.50. The standard InChI is InChI=1S/C29H39N5O3/c1-2-27(23-7-4-3-5-8-23)11-13-28(14-12-27)21-33(26(35)34(28)22-29(36)9-6-10-29)24-19-30-25(31-20-24)32-15-17-37-18-16-32/h3-5,7-8,19-20,36H,2,6,9-18,21-22H2,1H3. The average Bonchev–Trinajstić information content (AvgIpc) is 3.20. The fourth-order valence-electron chi connectivity index (χ4n) is 6.91. The van der Waals surface area contributed by atoms with Crippen LogP contribution in [0.4, 0.5) is 16.4 Å². The highest BCUT2D eigenvalue weighted by atomic mass is 16.5. The van der Waals surface area contributed by atoms with Crippen molar-refractivity contribution < 1.29 is 14.6 Å². The third-order valence-electron chi connectivity index (χ3n) is 9.65. The fraction of sp³-hybridized carbons (Fsp3) is 0.621. The Labute approximate surface area is 219 Å². The number of nitrogens with zero attached hydrogens (tertiary/aromatic N) is 5. The summed E-state index contributed by atoms with van der Waals surface area (Å²) in [6.45, 7) is 6.24. The van der Waals surface area contributed by atoms with Crippen molar-refractivity contribution in [3.8, 4) is 0 Å². The van der Waals surface area contributed by atoms with Crippen molar-refractivity contribution in [1.82, 2.24) is 14.9 Å². The Hall–Kier alpha value is -2.71. The lowest BCUT2D eigenvalue weighted by molar-refractivity contribution is -0.0685. The smallest absolute Gasteiger partial charge is 0.325 e. The fourth-order valence-corrected chi connectivity index (χ4v) is 6.91. The Kier molecular flexibility index (Phi) is 6.35. The largest absolute Gasteiger partial charge is 0.388 e. The molecule has 1 N–H and O–H groups in total. The summed E-state index contributed by atoms with van der Waals surface area (Å²) in [5.41, 5.74) is 1.25. The molecule has 4 aliphatic rings. The van der Waals surface area contributed by atoms with E-state index in [-0.39, 0.29) is 17.0 Å². The third kappa shape index (κ3) is 4.38. The predicted molar refractivity (Wildman–Crippen MR) is 143 cm³/mol. The quantitative estimate of drug-likeness (QED) is 0.636. The second-order valence-corrected chi connectivity index (χ2v) is 11.6. The molecule has 1 aromatic carbocycles. The number of urea groups is 1. The second kappa shape index (κ2) is 9.55. The first kappa shape index (κ1) is 24.6. The SMILES string of the molecule is CCC1(c2ccccc2)CCC2(CC1)CN(c1cnc(N3CCOCC3)nc1)C(=O)N2CC1(O)CCC1. The van der Waals surface area contributed by atoms with E-state index in [4.69, 9.17) is 4.74 Å². The van der Waals surface area contributed by atoms with Crippen molar-refractivity contribution in [3.05, 3.63) is 48.3 Å². The first-order valence-electron chi connectivity index (χ1n) is 14.0. The van der Waals surface area contributed by atoms with Crippen LogP contribution in [0.5, 0.6) is 0 Å². The zero-order chi connectivity index (χ0) is 25.5. The van der Waals surface area contributed by atoms with Gasteiger partial charge in [-0.1, -0.05) is 37.3 Å². The van der Waals surface area contributed by atoms with Crippen LogP contribution in [0, 0.1) is 0 Å². The van der Waals surface area contributed by atoms with E-state index in [1.807, 2.05) is 9.80 Å². The minimum Gasteiger partial charge on any atom is -0.388 e. The van der Waals surface area contributed by atoms with Gasteiger partial charge in [0.05, 0.1) is 55.5 Å². The van der Waals surface area contributed by atoms with E-state index in [2.05, 4.69) is 52.1 Å². The number of β-amino-alcohol motifs (C(OH)–C–C–N with tert-alkyl or cyclic N) is 1. The third-order valence-corrected chi connectivity index (χ3v) is 9.65. The summed E-state index contributed by atoms with van der Waals surface area (Å²) in [5, 5.41) is 11.1. The summed E-state index contributed by atoms with van der Waals surface area (Å²) in [5.74, 6) is 0.683. The molecule has 2 aliphatic carbocycles. The van der Waals surface area contributed by atoms with E-state index in [9.17, 15) is 9.90 Å². The van der Waals surface area contributed by atoms with Crippen molar-refractivity contribution in [2.45, 2.75) is 74.8 Å². The molecular weight excluding hydrogens is 466 g/mol. The van der Waals surface area contributed by atoms with E-state index >= 15 is 0 Å². The molecule has 2 aliphatic heterocycles. The van der Waals surface area contributed by atoms with E-state index in [0.717, 1.165) is 70.1 Å². The molecule has 8 nitrogen and oxygen atoms in total. The van der Waals surface area contributed by atoms with E-state index in [1.54, 1.807) is 12.4 Å². The molecule has 1 aromatic heterocycles. The monoisotopic (exact) mass is 505 g/mol. The van der Waals surface area contributed by atoms with Crippen LogP contribution >= 0.6 is 0 Å². The Morgan fingerprint density at radius 2 is 1.65 bits per heavy atom. The van der Waals surface area contributed by atoms with Crippen molar-refractivity contribution in [2.75, 3.05) is 49.2 Å². The number of morpholine rings is 1. The molecule has 4 fully saturated rings. The summed E-state index contributed by atoms with van der Waals surface area (Å²) in [4.78, 5) is 29.2. The summed E-state index contributed by atoms with van der Waals surface area (Å²) < 4.78 is 5.44. The molecule has 0 bridgehead atoms. The first-order chi connectivity index (χ1) is 18.0. The molecule has 37 heavy (non-hydrogen) atoms. The molecule has 198 valence electrons. The van der Waals surface area contributed by atoms with Crippen LogP contribution in [0.25, 0.3) is 0 Å². The van der Waals surface area contributed by atoms with Gasteiger partial charge in [-0.2, -0.15) is 0 Å². The molecule has 6 rings (SSSR count). The highest BCUT2D eigenvalue weighted by Crippen LogP contribution is 2.51. The zero-order valence-corrected chi connectivity index (χ0v) is 21.9. The number of amides is 2. The van der Waals surface area contributed by atoms with Crippen molar-refractivity contribution in [3.63, 3.8) is 0 Å². The second-order valence-electron chi connectivity index (χ2n) is 11.6. The van der Waals surface area contributed by atoms with Gasteiger partial charge in [0.2, 0.25) is 5.95 Å². The number of anilines is 2. The van der Waals surface area contributed by atoms with Gasteiger partial charge in [0, 0.05) is 13.1 Å². The zero-order valence-electron chi connectivity index (χ0n) is 21.9. The Morgan fingerprint density at radius 1 is 0.973 bits per heavy atom. The van der Waals surface area contributed by atoms with Gasteiger partial charge < -0.3 is 19.6 Å². The first-order valence-corrected chi connectivity index (χ1v) is 14.0. The minimum atomic E-state index is -0.756. The highest BCUT2D eigenvalue weighted by Gasteiger charge is 2.56. The van der Waals surface area contributed by atoms with Gasteiger partial charge >= 0.3 is 6.03 Å². The molecule has 0 unspecified atom stereocenters. The van der Waals surface area contributed by atoms with Gasteiger partial charge in [-0.15, -0.1) is 0 Å². The highest BCUT2D eigenvalue weighted by molar-refractivity contribution is 5.95. The van der Waals surface area contributed by atoms with Crippen molar-refractivity contribution >= 4 is 17.7 Å². The lowest BCUT2D eigenvalue weighted by atomic mass is 9.62. The topological polar surface area (TPSA) is 82.0 Å². The Morgan fingerprint density at radius 3 is 2.24 bits per heavy atom. The van der Waals surface area contributed by atoms with Crippen molar-refractivity contribution in [1.29, 1.82) is 0 Å². The van der Waals surface area contributed by atoms with Gasteiger partial charge in [-0.25, -0.2) is 14.8 Å². The van der Waals surface area contributed by atoms with Gasteiger partial charge in [-0.3, -0.25) is 4.90 Å². The summed E-state index contributed by atoms with van der Waals surface area (Å²) >= 11 is 0. The molecule has 0 radical (unpaired) electrons. The number of benzene rings is 1. The van der Waals surface area contributed by atoms with Crippen LogP contribution in [-0.4, -0.2) is 76.5 Å². The number of aromatic nitrogens is 2. The number of hydrogen-bond acceptors (Lipinski definition) is 6. The van der Waals surface area contributed by atoms with Crippen LogP contribution in [0.3, 0.4) is 0 Å². The number of carbonyl (C=O) groups excluding carboxylic acids is 1. The summed E-state index contributed by atoms with van der Waals surface area (Å²) in [7, 11) is 0. The average molecular weight is 506 g/mol. The number of hydrogen-bond donors (Lipinski definition) is 1. The molecular formula is C29H39N5O3. The molecule has 2 aromatic rings. The summed E-state index contributed by atoms with van der Waals surface area (Å²) in [6.07, 6.45) is 11.2. The molecule has 2 saturated carbocycles. The maximum Gasteiger partial charge on any atom is 0.325 e. The van der Waals surface area contributed by atoms with Crippen LogP contribution in [0.1, 0.15) is 63.9 Å². The normalized spacial score (nSPS) is 29.6. The van der Waals surface area contributed by atoms with Crippen LogP contribution in [-0.2, 0) is 10.2 Å². The maximum atomic E-state index is 13.9. The lowest BCUT2D eigenvalue weighted by Crippen LogP contribution is -2.58. The van der Waals surface area contributed by atoms with Gasteiger partial charge in [0.1, 0.15) is 0 Å². The molecule has 3 heterocycles. The van der Waals surface area contributed by atoms with Crippen LogP contribution in [0.15, 0.2) is 42.7 Å². The molecule has 8 heteroatoms. The summed E-state index contributed by atoms with van der Waals surface area (Å²) in [6, 6.07) is 10.9. The van der Waals surface area contributed by atoms with E-state index < -0.39 is 5.60 Å². The Balaban J connectivity index is 1.26. The van der Waals surface area contributed by atoms with Crippen molar-refractivity contribution in [2.24, 2.45) is 0 Å². The number of rotatable bonds is 6. The van der Waals surface area contributed by atoms with Gasteiger partial charge in [0.25, 0.3) is 0 Å². The van der Waals surface area contributed by atoms with Crippen LogP contribution in [0.2, 0.25) is 0 Å². The van der Waals surface area contributed by atoms with Gasteiger partial charge in [0.15, 0.2) is 0 Å². The molecule has 0 atom stereocenters. The number of aliphatic hydroxyl groups is 1. The molecule has 1 spiro atoms. The Bertz CT molecular complexity index is 1090. The van der Waals surface area contributed by atoms with Gasteiger partial charge in [-0.05, 0) is 62.3 Å². The van der Waals surface area contributed by atoms with E-state index in [1.165, 1.54) is 5.56 Å². The van der Waals surface area contributed by atoms with Crippen LogP contribution < -0.4 is 9.80 Å². The molecule has 2 saturated heterocycles. The predicted octanol–water partition coefficient (Wildman–Crippen LogP) is 4.13. The minimum absolute atomic E-state index is 0.0215. The maximum absolute atomic E-state index is 13.9. The number of carbonyl (C=O) groups is 1. The van der Waals surface area contributed by atoms with E-state index in [0.29, 0.717) is 32.3 Å². The molecule has 2 amide bonds. The number of ether oxygens (including phenoxy) is 1.